The molecule has 6 heteroatoms. The van der Waals surface area contributed by atoms with Crippen molar-refractivity contribution in [3.05, 3.63) is 102 Å². The Balaban J connectivity index is 1.39. The molecule has 1 saturated carbocycles. The van der Waals surface area contributed by atoms with Gasteiger partial charge in [0.25, 0.3) is 0 Å². The van der Waals surface area contributed by atoms with Crippen LogP contribution in [-0.2, 0) is 14.4 Å². The van der Waals surface area contributed by atoms with Crippen molar-refractivity contribution in [3.63, 3.8) is 0 Å². The normalized spacial score (nSPS) is 23.6. The number of methoxy groups -OCH3 is 2. The number of fused-ring (bicyclic) bond motifs is 6. The van der Waals surface area contributed by atoms with Crippen LogP contribution in [-0.4, -0.2) is 31.8 Å². The van der Waals surface area contributed by atoms with Crippen molar-refractivity contribution in [2.45, 2.75) is 0 Å². The number of anilines is 1. The van der Waals surface area contributed by atoms with Gasteiger partial charge < -0.3 is 9.47 Å². The predicted molar refractivity (Wildman–Crippen MR) is 148 cm³/mol. The van der Waals surface area contributed by atoms with Gasteiger partial charge in [0.2, 0.25) is 11.8 Å². The van der Waals surface area contributed by atoms with Crippen LogP contribution in [0, 0.1) is 23.7 Å². The molecule has 0 aromatic heterocycles. The van der Waals surface area contributed by atoms with Crippen LogP contribution in [0.4, 0.5) is 5.69 Å². The molecule has 192 valence electrons. The van der Waals surface area contributed by atoms with E-state index < -0.39 is 23.7 Å². The van der Waals surface area contributed by atoms with Crippen molar-refractivity contribution in [2.75, 3.05) is 19.1 Å². The van der Waals surface area contributed by atoms with E-state index in [1.54, 1.807) is 14.2 Å². The summed E-state index contributed by atoms with van der Waals surface area (Å²) in [5, 5.41) is 1.78. The predicted octanol–water partition coefficient (Wildman–Crippen LogP) is 5.40. The van der Waals surface area contributed by atoms with Gasteiger partial charge in [-0.05, 0) is 58.0 Å². The summed E-state index contributed by atoms with van der Waals surface area (Å²) in [5.41, 5.74) is 3.91. The van der Waals surface area contributed by atoms with Gasteiger partial charge in [0.15, 0.2) is 0 Å². The molecule has 2 amide bonds. The summed E-state index contributed by atoms with van der Waals surface area (Å²) in [5.74, 6) is -2.10. The summed E-state index contributed by atoms with van der Waals surface area (Å²) in [4.78, 5) is 43.4. The number of ketones is 1. The molecular formula is C33H25NO5. The molecule has 4 atom stereocenters. The molecule has 0 N–H and O–H groups in total. The third-order valence-electron chi connectivity index (χ3n) is 8.45. The zero-order valence-corrected chi connectivity index (χ0v) is 21.5. The van der Waals surface area contributed by atoms with Crippen molar-refractivity contribution in [1.82, 2.24) is 0 Å². The van der Waals surface area contributed by atoms with E-state index in [-0.39, 0.29) is 17.6 Å². The second kappa shape index (κ2) is 8.67. The molecule has 4 aromatic carbocycles. The number of rotatable bonds is 5. The molecule has 2 fully saturated rings. The maximum absolute atomic E-state index is 14.1. The molecule has 1 aliphatic heterocycles. The summed E-state index contributed by atoms with van der Waals surface area (Å²) in [6.45, 7) is 0. The number of hydrogen-bond acceptors (Lipinski definition) is 5. The second-order valence-electron chi connectivity index (χ2n) is 10.2. The van der Waals surface area contributed by atoms with Gasteiger partial charge in [0.05, 0.1) is 43.6 Å². The summed E-state index contributed by atoms with van der Waals surface area (Å²) in [6.07, 6.45) is 0. The summed E-state index contributed by atoms with van der Waals surface area (Å²) in [7, 11) is 3.21. The van der Waals surface area contributed by atoms with Gasteiger partial charge in [-0.15, -0.1) is 0 Å². The van der Waals surface area contributed by atoms with Gasteiger partial charge >= 0.3 is 0 Å². The van der Waals surface area contributed by atoms with Crippen LogP contribution in [0.2, 0.25) is 0 Å². The van der Waals surface area contributed by atoms with Crippen molar-refractivity contribution < 1.29 is 23.9 Å². The standard InChI is InChI=1S/C33H25NO5/c1-38-21-14-10-19(11-15-21)25-26(20-12-16-22(39-2)17-13-20)28-30-29(27(25)31(28)35)32(36)34(33(30)37)24-9-5-7-18-6-3-4-8-23(18)24/h3-17,27-30H,1-2H3/t27-,28-,29-,30-/m1/s1. The van der Waals surface area contributed by atoms with Crippen LogP contribution in [0.5, 0.6) is 11.5 Å². The first-order chi connectivity index (χ1) is 19.0. The Labute approximate surface area is 225 Å². The molecule has 6 nitrogen and oxygen atoms in total. The fraction of sp³-hybridized carbons (Fsp3) is 0.182. The smallest absolute Gasteiger partial charge is 0.238 e. The molecule has 0 radical (unpaired) electrons. The number of allylic oxidation sites excluding steroid dienone is 2. The van der Waals surface area contributed by atoms with Gasteiger partial charge in [-0.3, -0.25) is 14.4 Å². The van der Waals surface area contributed by atoms with E-state index in [0.29, 0.717) is 17.2 Å². The number of benzene rings is 4. The monoisotopic (exact) mass is 515 g/mol. The zero-order chi connectivity index (χ0) is 26.8. The molecule has 0 spiro atoms. The lowest BCUT2D eigenvalue weighted by atomic mass is 9.73. The van der Waals surface area contributed by atoms with Gasteiger partial charge in [-0.1, -0.05) is 60.7 Å². The Kier molecular flexibility index (Phi) is 5.20. The molecule has 0 unspecified atom stereocenters. The lowest BCUT2D eigenvalue weighted by Crippen LogP contribution is -2.34. The maximum atomic E-state index is 14.1. The minimum atomic E-state index is -0.729. The quantitative estimate of drug-likeness (QED) is 0.333. The molecule has 7 rings (SSSR count). The van der Waals surface area contributed by atoms with Gasteiger partial charge in [0.1, 0.15) is 17.3 Å². The molecule has 1 heterocycles. The third kappa shape index (κ3) is 3.24. The van der Waals surface area contributed by atoms with E-state index in [0.717, 1.165) is 33.0 Å². The maximum Gasteiger partial charge on any atom is 0.238 e. The summed E-state index contributed by atoms with van der Waals surface area (Å²) in [6, 6.07) is 28.4. The fourth-order valence-corrected chi connectivity index (χ4v) is 6.79. The van der Waals surface area contributed by atoms with Gasteiger partial charge in [-0.25, -0.2) is 4.90 Å². The van der Waals surface area contributed by atoms with Crippen LogP contribution in [0.3, 0.4) is 0 Å². The van der Waals surface area contributed by atoms with E-state index in [2.05, 4.69) is 0 Å². The van der Waals surface area contributed by atoms with Crippen molar-refractivity contribution in [1.29, 1.82) is 0 Å². The topological polar surface area (TPSA) is 72.9 Å². The number of imide groups is 1. The van der Waals surface area contributed by atoms with E-state index in [9.17, 15) is 14.4 Å². The lowest BCUT2D eigenvalue weighted by molar-refractivity contribution is -0.128. The van der Waals surface area contributed by atoms with Crippen LogP contribution >= 0.6 is 0 Å². The number of carbonyl (C=O) groups excluding carboxylic acids is 3. The van der Waals surface area contributed by atoms with E-state index in [4.69, 9.17) is 9.47 Å². The minimum Gasteiger partial charge on any atom is -0.497 e. The third-order valence-corrected chi connectivity index (χ3v) is 8.45. The molecule has 4 aromatic rings. The highest BCUT2D eigenvalue weighted by Gasteiger charge is 2.68. The fourth-order valence-electron chi connectivity index (χ4n) is 6.79. The molecular weight excluding hydrogens is 490 g/mol. The van der Waals surface area contributed by atoms with Crippen molar-refractivity contribution >= 4 is 45.2 Å². The zero-order valence-electron chi connectivity index (χ0n) is 21.5. The molecule has 1 saturated heterocycles. The van der Waals surface area contributed by atoms with Crippen molar-refractivity contribution in [3.8, 4) is 11.5 Å². The summed E-state index contributed by atoms with van der Waals surface area (Å²) >= 11 is 0. The lowest BCUT2D eigenvalue weighted by Gasteiger charge is -2.26. The number of amides is 2. The van der Waals surface area contributed by atoms with Gasteiger partial charge in [0, 0.05) is 5.39 Å². The number of ether oxygens (including phenoxy) is 2. The van der Waals surface area contributed by atoms with Crippen LogP contribution < -0.4 is 14.4 Å². The van der Waals surface area contributed by atoms with Crippen LogP contribution in [0.25, 0.3) is 21.9 Å². The highest BCUT2D eigenvalue weighted by Crippen LogP contribution is 2.62. The molecule has 2 aliphatic carbocycles. The Morgan fingerprint density at radius 2 is 1.08 bits per heavy atom. The SMILES string of the molecule is COc1ccc(C2=C(c3ccc(OC)cc3)[C@H]3C(=O)[C@H]2[C@H]2C(=O)N(c4cccc5ccccc45)C(=O)[C@H]32)cc1. The highest BCUT2D eigenvalue weighted by molar-refractivity contribution is 6.32. The number of nitrogens with zero attached hydrogens (tertiary/aromatic N) is 1. The molecule has 2 bridgehead atoms. The van der Waals surface area contributed by atoms with E-state index in [1.807, 2.05) is 91.0 Å². The Hall–Kier alpha value is -4.71. The summed E-state index contributed by atoms with van der Waals surface area (Å²) < 4.78 is 10.7. The first-order valence-electron chi connectivity index (χ1n) is 13.0. The second-order valence-corrected chi connectivity index (χ2v) is 10.2. The highest BCUT2D eigenvalue weighted by atomic mass is 16.5. The molecule has 3 aliphatic rings. The largest absolute Gasteiger partial charge is 0.497 e. The first kappa shape index (κ1) is 23.4. The number of hydrogen-bond donors (Lipinski definition) is 0. The van der Waals surface area contributed by atoms with Crippen LogP contribution in [0.15, 0.2) is 91.0 Å². The van der Waals surface area contributed by atoms with Gasteiger partial charge in [-0.2, -0.15) is 0 Å². The number of carbonyl (C=O) groups is 3. The Morgan fingerprint density at radius 3 is 1.59 bits per heavy atom. The number of Topliss-reactive ketones (excluding diaryl/α,β-unsaturated/α-hetero) is 1. The molecule has 39 heavy (non-hydrogen) atoms. The first-order valence-corrected chi connectivity index (χ1v) is 13.0. The average Bonchev–Trinajstić information content (AvgIpc) is 3.54. The van der Waals surface area contributed by atoms with E-state index in [1.165, 1.54) is 4.90 Å². The van der Waals surface area contributed by atoms with Crippen molar-refractivity contribution in [2.24, 2.45) is 23.7 Å². The Bertz CT molecular complexity index is 1610. The Morgan fingerprint density at radius 1 is 0.590 bits per heavy atom. The average molecular weight is 516 g/mol. The van der Waals surface area contributed by atoms with E-state index >= 15 is 0 Å². The van der Waals surface area contributed by atoms with Crippen LogP contribution in [0.1, 0.15) is 11.1 Å². The minimum absolute atomic E-state index is 0.0547.